The second kappa shape index (κ2) is 5.08. The fraction of sp³-hybridized carbons (Fsp3) is 0.600. The molecule has 0 saturated carbocycles. The Balaban J connectivity index is 1.94. The number of aliphatic hydroxyl groups is 1. The summed E-state index contributed by atoms with van der Waals surface area (Å²) in [5.74, 6) is 0.969. The molecule has 1 unspecified atom stereocenters. The first-order valence-electron chi connectivity index (χ1n) is 6.61. The zero-order valence-corrected chi connectivity index (χ0v) is 13.5. The van der Waals surface area contributed by atoms with E-state index in [1.54, 1.807) is 0 Å². The topological polar surface area (TPSA) is 41.5 Å². The molecule has 0 spiro atoms. The van der Waals surface area contributed by atoms with E-state index in [2.05, 4.69) is 27.3 Å². The number of hydrogen-bond donors (Lipinski definition) is 2. The minimum atomic E-state index is -0.776. The van der Waals surface area contributed by atoms with Crippen molar-refractivity contribution < 1.29 is 9.84 Å². The number of benzene rings is 1. The first-order chi connectivity index (χ1) is 8.69. The van der Waals surface area contributed by atoms with E-state index in [0.717, 1.165) is 23.2 Å². The van der Waals surface area contributed by atoms with Crippen molar-refractivity contribution in [2.24, 2.45) is 0 Å². The van der Waals surface area contributed by atoms with Crippen molar-refractivity contribution in [1.29, 1.82) is 0 Å². The van der Waals surface area contributed by atoms with Crippen molar-refractivity contribution in [3.8, 4) is 5.75 Å². The molecule has 0 radical (unpaired) electrons. The predicted molar refractivity (Wildman–Crippen MR) is 80.6 cm³/mol. The molecule has 3 nitrogen and oxygen atoms in total. The van der Waals surface area contributed by atoms with Crippen LogP contribution in [0.2, 0.25) is 0 Å². The molecule has 2 rings (SSSR count). The van der Waals surface area contributed by atoms with Gasteiger partial charge in [-0.25, -0.2) is 0 Å². The fourth-order valence-corrected chi connectivity index (χ4v) is 2.40. The van der Waals surface area contributed by atoms with E-state index in [1.165, 1.54) is 5.56 Å². The van der Waals surface area contributed by atoms with Gasteiger partial charge in [-0.3, -0.25) is 0 Å². The molecule has 1 heterocycles. The van der Waals surface area contributed by atoms with Crippen LogP contribution in [0.3, 0.4) is 0 Å². The summed E-state index contributed by atoms with van der Waals surface area (Å²) in [5, 5.41) is 13.5. The van der Waals surface area contributed by atoms with E-state index < -0.39 is 5.60 Å². The standard InChI is InChI=1S/C15H22BrNO2/c1-14(2,15(3,4)18)17-9-12-8-10-7-11(16)5-6-13(10)19-12/h5-7,12,17-18H,8-9H2,1-4H3. The lowest BCUT2D eigenvalue weighted by molar-refractivity contribution is -0.00789. The maximum atomic E-state index is 10.1. The molecule has 2 N–H and O–H groups in total. The van der Waals surface area contributed by atoms with Crippen molar-refractivity contribution in [3.05, 3.63) is 28.2 Å². The van der Waals surface area contributed by atoms with Crippen LogP contribution in [-0.2, 0) is 6.42 Å². The molecule has 0 bridgehead atoms. The molecule has 106 valence electrons. The first-order valence-corrected chi connectivity index (χ1v) is 7.41. The van der Waals surface area contributed by atoms with Gasteiger partial charge >= 0.3 is 0 Å². The molecule has 19 heavy (non-hydrogen) atoms. The molecule has 0 aliphatic carbocycles. The van der Waals surface area contributed by atoms with Crippen molar-refractivity contribution in [2.45, 2.75) is 51.4 Å². The Bertz CT molecular complexity index is 466. The number of halogens is 1. The Hall–Kier alpha value is -0.580. The minimum absolute atomic E-state index is 0.130. The molecule has 4 heteroatoms. The van der Waals surface area contributed by atoms with E-state index in [4.69, 9.17) is 4.74 Å². The maximum absolute atomic E-state index is 10.1. The molecular weight excluding hydrogens is 306 g/mol. The van der Waals surface area contributed by atoms with Gasteiger partial charge < -0.3 is 15.2 Å². The monoisotopic (exact) mass is 327 g/mol. The number of ether oxygens (including phenoxy) is 1. The first kappa shape index (κ1) is 14.8. The second-order valence-corrected chi connectivity index (χ2v) is 7.18. The zero-order chi connectivity index (χ0) is 14.3. The highest BCUT2D eigenvalue weighted by Gasteiger charge is 2.35. The molecule has 1 aromatic carbocycles. The van der Waals surface area contributed by atoms with Gasteiger partial charge in [-0.15, -0.1) is 0 Å². The van der Waals surface area contributed by atoms with Gasteiger partial charge in [0.05, 0.1) is 5.60 Å². The number of nitrogens with one attached hydrogen (secondary N) is 1. The van der Waals surface area contributed by atoms with Gasteiger partial charge in [0, 0.05) is 23.0 Å². The Morgan fingerprint density at radius 2 is 2.05 bits per heavy atom. The molecular formula is C15H22BrNO2. The summed E-state index contributed by atoms with van der Waals surface area (Å²) in [4.78, 5) is 0. The second-order valence-electron chi connectivity index (χ2n) is 6.26. The zero-order valence-electron chi connectivity index (χ0n) is 12.0. The normalized spacial score (nSPS) is 19.2. The summed E-state index contributed by atoms with van der Waals surface area (Å²) in [6.07, 6.45) is 1.04. The third-order valence-corrected chi connectivity index (χ3v) is 4.56. The van der Waals surface area contributed by atoms with Gasteiger partial charge in [-0.1, -0.05) is 15.9 Å². The molecule has 0 saturated heterocycles. The van der Waals surface area contributed by atoms with E-state index in [9.17, 15) is 5.11 Å². The maximum Gasteiger partial charge on any atom is 0.123 e. The molecule has 1 aliphatic heterocycles. The Morgan fingerprint density at radius 1 is 1.37 bits per heavy atom. The SMILES string of the molecule is CC(C)(O)C(C)(C)NCC1Cc2cc(Br)ccc2O1. The average Bonchev–Trinajstić information content (AvgIpc) is 2.67. The number of fused-ring (bicyclic) bond motifs is 1. The van der Waals surface area contributed by atoms with E-state index in [1.807, 2.05) is 39.8 Å². The van der Waals surface area contributed by atoms with Crippen LogP contribution in [0.15, 0.2) is 22.7 Å². The highest BCUT2D eigenvalue weighted by molar-refractivity contribution is 9.10. The van der Waals surface area contributed by atoms with Crippen molar-refractivity contribution in [1.82, 2.24) is 5.32 Å². The molecule has 0 amide bonds. The Morgan fingerprint density at radius 3 is 2.68 bits per heavy atom. The summed E-state index contributed by atoms with van der Waals surface area (Å²) in [6.45, 7) is 8.38. The van der Waals surface area contributed by atoms with Crippen LogP contribution >= 0.6 is 15.9 Å². The fourth-order valence-electron chi connectivity index (χ4n) is 1.99. The lowest BCUT2D eigenvalue weighted by atomic mass is 9.86. The largest absolute Gasteiger partial charge is 0.488 e. The summed E-state index contributed by atoms with van der Waals surface area (Å²) < 4.78 is 6.99. The van der Waals surface area contributed by atoms with Crippen LogP contribution in [0, 0.1) is 0 Å². The minimum Gasteiger partial charge on any atom is -0.488 e. The number of rotatable bonds is 4. The van der Waals surface area contributed by atoms with Gasteiger partial charge in [0.15, 0.2) is 0 Å². The van der Waals surface area contributed by atoms with Gasteiger partial charge in [-0.05, 0) is 51.5 Å². The predicted octanol–water partition coefficient (Wildman–Crippen LogP) is 2.89. The summed E-state index contributed by atoms with van der Waals surface area (Å²) in [5.41, 5.74) is 0.106. The van der Waals surface area contributed by atoms with Gasteiger partial charge in [0.25, 0.3) is 0 Å². The van der Waals surface area contributed by atoms with Gasteiger partial charge in [0.1, 0.15) is 11.9 Å². The third-order valence-electron chi connectivity index (χ3n) is 4.06. The molecule has 0 fully saturated rings. The van der Waals surface area contributed by atoms with Crippen LogP contribution in [0.1, 0.15) is 33.3 Å². The van der Waals surface area contributed by atoms with Gasteiger partial charge in [0.2, 0.25) is 0 Å². The summed E-state index contributed by atoms with van der Waals surface area (Å²) in [6, 6.07) is 6.10. The van der Waals surface area contributed by atoms with Crippen molar-refractivity contribution >= 4 is 15.9 Å². The molecule has 1 atom stereocenters. The van der Waals surface area contributed by atoms with Crippen LogP contribution < -0.4 is 10.1 Å². The van der Waals surface area contributed by atoms with Crippen LogP contribution in [-0.4, -0.2) is 28.9 Å². The van der Waals surface area contributed by atoms with Crippen LogP contribution in [0.5, 0.6) is 5.75 Å². The van der Waals surface area contributed by atoms with E-state index >= 15 is 0 Å². The highest BCUT2D eigenvalue weighted by atomic mass is 79.9. The number of hydrogen-bond acceptors (Lipinski definition) is 3. The van der Waals surface area contributed by atoms with Crippen molar-refractivity contribution in [2.75, 3.05) is 6.54 Å². The lowest BCUT2D eigenvalue weighted by Gasteiger charge is -2.38. The molecule has 1 aliphatic rings. The van der Waals surface area contributed by atoms with Crippen molar-refractivity contribution in [3.63, 3.8) is 0 Å². The van der Waals surface area contributed by atoms with Crippen LogP contribution in [0.4, 0.5) is 0 Å². The molecule has 1 aromatic rings. The summed E-state index contributed by atoms with van der Waals surface area (Å²) >= 11 is 3.48. The quantitative estimate of drug-likeness (QED) is 0.893. The highest BCUT2D eigenvalue weighted by Crippen LogP contribution is 2.31. The Kier molecular flexibility index (Phi) is 3.96. The van der Waals surface area contributed by atoms with E-state index in [0.29, 0.717) is 0 Å². The third kappa shape index (κ3) is 3.30. The van der Waals surface area contributed by atoms with E-state index in [-0.39, 0.29) is 11.6 Å². The average molecular weight is 328 g/mol. The lowest BCUT2D eigenvalue weighted by Crippen LogP contribution is -2.57. The Labute approximate surface area is 123 Å². The smallest absolute Gasteiger partial charge is 0.123 e. The van der Waals surface area contributed by atoms with Gasteiger partial charge in [-0.2, -0.15) is 0 Å². The summed E-state index contributed by atoms with van der Waals surface area (Å²) in [7, 11) is 0. The molecule has 0 aromatic heterocycles. The van der Waals surface area contributed by atoms with Crippen LogP contribution in [0.25, 0.3) is 0 Å².